The van der Waals surface area contributed by atoms with Crippen LogP contribution in [0, 0.1) is 11.3 Å². The monoisotopic (exact) mass is 294 g/mol. The van der Waals surface area contributed by atoms with E-state index in [0.29, 0.717) is 21.4 Å². The fraction of sp³-hybridized carbons (Fsp3) is 0.0833. The SMILES string of the molecule is N#CCC(=O)Nc1ccc(-n2cc(Cl)cn2)c(Cl)c1. The lowest BCUT2D eigenvalue weighted by molar-refractivity contribution is -0.115. The number of nitrogens with zero attached hydrogens (tertiary/aromatic N) is 3. The van der Waals surface area contributed by atoms with E-state index in [0.717, 1.165) is 0 Å². The van der Waals surface area contributed by atoms with Gasteiger partial charge in [0.05, 0.1) is 28.0 Å². The Labute approximate surface area is 119 Å². The van der Waals surface area contributed by atoms with Gasteiger partial charge in [-0.1, -0.05) is 23.2 Å². The summed E-state index contributed by atoms with van der Waals surface area (Å²) in [6, 6.07) is 6.73. The summed E-state index contributed by atoms with van der Waals surface area (Å²) in [6.07, 6.45) is 2.92. The molecule has 7 heteroatoms. The number of carbonyl (C=O) groups excluding carboxylic acids is 1. The number of halogens is 2. The first kappa shape index (κ1) is 13.4. The van der Waals surface area contributed by atoms with E-state index >= 15 is 0 Å². The third-order valence-corrected chi connectivity index (χ3v) is 2.77. The molecule has 0 bridgehead atoms. The molecule has 0 saturated carbocycles. The minimum Gasteiger partial charge on any atom is -0.325 e. The van der Waals surface area contributed by atoms with Gasteiger partial charge in [0.1, 0.15) is 6.42 Å². The van der Waals surface area contributed by atoms with E-state index in [1.165, 1.54) is 10.9 Å². The quantitative estimate of drug-likeness (QED) is 0.946. The van der Waals surface area contributed by atoms with Crippen LogP contribution >= 0.6 is 23.2 Å². The maximum Gasteiger partial charge on any atom is 0.238 e. The summed E-state index contributed by atoms with van der Waals surface area (Å²) in [6.45, 7) is 0. The van der Waals surface area contributed by atoms with Gasteiger partial charge in [0.25, 0.3) is 0 Å². The predicted octanol–water partition coefficient (Wildman–Crippen LogP) is 3.03. The second kappa shape index (κ2) is 5.74. The fourth-order valence-electron chi connectivity index (χ4n) is 1.48. The van der Waals surface area contributed by atoms with Crippen LogP contribution in [0.1, 0.15) is 6.42 Å². The molecule has 5 nitrogen and oxygen atoms in total. The summed E-state index contributed by atoms with van der Waals surface area (Å²) in [4.78, 5) is 11.3. The van der Waals surface area contributed by atoms with Gasteiger partial charge in [0.15, 0.2) is 0 Å². The van der Waals surface area contributed by atoms with Crippen LogP contribution in [-0.2, 0) is 4.79 Å². The third-order valence-electron chi connectivity index (χ3n) is 2.27. The molecule has 0 radical (unpaired) electrons. The summed E-state index contributed by atoms with van der Waals surface area (Å²) < 4.78 is 1.53. The summed E-state index contributed by atoms with van der Waals surface area (Å²) >= 11 is 11.9. The second-order valence-corrected chi connectivity index (χ2v) is 4.50. The van der Waals surface area contributed by atoms with Crippen molar-refractivity contribution in [2.24, 2.45) is 0 Å². The van der Waals surface area contributed by atoms with Gasteiger partial charge in [-0.25, -0.2) is 4.68 Å². The minimum absolute atomic E-state index is 0.200. The molecule has 2 rings (SSSR count). The van der Waals surface area contributed by atoms with Crippen molar-refractivity contribution in [2.45, 2.75) is 6.42 Å². The Morgan fingerprint density at radius 1 is 1.47 bits per heavy atom. The molecular formula is C12H8Cl2N4O. The molecule has 96 valence electrons. The van der Waals surface area contributed by atoms with Crippen LogP contribution in [-0.4, -0.2) is 15.7 Å². The van der Waals surface area contributed by atoms with Gasteiger partial charge in [-0.15, -0.1) is 0 Å². The van der Waals surface area contributed by atoms with Gasteiger partial charge in [-0.05, 0) is 18.2 Å². The van der Waals surface area contributed by atoms with Crippen LogP contribution in [0.4, 0.5) is 5.69 Å². The molecule has 0 spiro atoms. The molecule has 1 N–H and O–H groups in total. The smallest absolute Gasteiger partial charge is 0.238 e. The largest absolute Gasteiger partial charge is 0.325 e. The third kappa shape index (κ3) is 3.25. The van der Waals surface area contributed by atoms with Crippen molar-refractivity contribution in [3.8, 4) is 11.8 Å². The molecule has 0 aliphatic carbocycles. The topological polar surface area (TPSA) is 70.7 Å². The molecular weight excluding hydrogens is 287 g/mol. The van der Waals surface area contributed by atoms with E-state index in [1.807, 2.05) is 0 Å². The zero-order chi connectivity index (χ0) is 13.8. The molecule has 1 amide bonds. The molecule has 1 heterocycles. The number of rotatable bonds is 3. The zero-order valence-electron chi connectivity index (χ0n) is 9.60. The van der Waals surface area contributed by atoms with Gasteiger partial charge in [-0.2, -0.15) is 10.4 Å². The summed E-state index contributed by atoms with van der Waals surface area (Å²) in [5.74, 6) is -0.381. The summed E-state index contributed by atoms with van der Waals surface area (Å²) in [7, 11) is 0. The highest BCUT2D eigenvalue weighted by molar-refractivity contribution is 6.33. The van der Waals surface area contributed by atoms with Crippen LogP contribution in [0.15, 0.2) is 30.6 Å². The summed E-state index contributed by atoms with van der Waals surface area (Å²) in [5.41, 5.74) is 1.17. The number of hydrogen-bond acceptors (Lipinski definition) is 3. The Bertz CT molecular complexity index is 660. The van der Waals surface area contributed by atoms with E-state index in [-0.39, 0.29) is 12.3 Å². The highest BCUT2D eigenvalue weighted by atomic mass is 35.5. The number of anilines is 1. The predicted molar refractivity (Wildman–Crippen MR) is 72.4 cm³/mol. The number of benzene rings is 1. The lowest BCUT2D eigenvalue weighted by Gasteiger charge is -2.07. The van der Waals surface area contributed by atoms with Crippen molar-refractivity contribution in [1.29, 1.82) is 5.26 Å². The van der Waals surface area contributed by atoms with Gasteiger partial charge in [-0.3, -0.25) is 4.79 Å². The molecule has 0 atom stereocenters. The van der Waals surface area contributed by atoms with E-state index < -0.39 is 0 Å². The number of hydrogen-bond donors (Lipinski definition) is 1. The average molecular weight is 295 g/mol. The molecule has 0 fully saturated rings. The highest BCUT2D eigenvalue weighted by Gasteiger charge is 2.07. The lowest BCUT2D eigenvalue weighted by atomic mass is 10.2. The van der Waals surface area contributed by atoms with Crippen LogP contribution in [0.3, 0.4) is 0 Å². The van der Waals surface area contributed by atoms with Crippen molar-refractivity contribution in [1.82, 2.24) is 9.78 Å². The van der Waals surface area contributed by atoms with Crippen molar-refractivity contribution < 1.29 is 4.79 Å². The Hall–Kier alpha value is -2.03. The maximum absolute atomic E-state index is 11.3. The molecule has 19 heavy (non-hydrogen) atoms. The summed E-state index contributed by atoms with van der Waals surface area (Å²) in [5, 5.41) is 15.9. The Morgan fingerprint density at radius 2 is 2.26 bits per heavy atom. The first-order chi connectivity index (χ1) is 9.10. The number of aromatic nitrogens is 2. The van der Waals surface area contributed by atoms with Crippen molar-refractivity contribution in [2.75, 3.05) is 5.32 Å². The fourth-order valence-corrected chi connectivity index (χ4v) is 1.88. The first-order valence-electron chi connectivity index (χ1n) is 5.27. The van der Waals surface area contributed by atoms with Gasteiger partial charge in [0, 0.05) is 11.9 Å². The maximum atomic E-state index is 11.3. The Kier molecular flexibility index (Phi) is 4.05. The molecule has 0 aliphatic heterocycles. The molecule has 1 aromatic heterocycles. The zero-order valence-corrected chi connectivity index (χ0v) is 11.1. The van der Waals surface area contributed by atoms with Crippen molar-refractivity contribution in [3.05, 3.63) is 40.6 Å². The van der Waals surface area contributed by atoms with E-state index in [9.17, 15) is 4.79 Å². The minimum atomic E-state index is -0.381. The number of nitrogens with one attached hydrogen (secondary N) is 1. The van der Waals surface area contributed by atoms with E-state index in [4.69, 9.17) is 28.5 Å². The van der Waals surface area contributed by atoms with E-state index in [2.05, 4.69) is 10.4 Å². The van der Waals surface area contributed by atoms with Crippen LogP contribution < -0.4 is 5.32 Å². The van der Waals surface area contributed by atoms with E-state index in [1.54, 1.807) is 30.5 Å². The molecule has 1 aromatic carbocycles. The second-order valence-electron chi connectivity index (χ2n) is 3.65. The van der Waals surface area contributed by atoms with Gasteiger partial charge >= 0.3 is 0 Å². The molecule has 2 aromatic rings. The molecule has 0 aliphatic rings. The van der Waals surface area contributed by atoms with Crippen LogP contribution in [0.2, 0.25) is 10.0 Å². The average Bonchev–Trinajstić information content (AvgIpc) is 2.76. The van der Waals surface area contributed by atoms with Crippen LogP contribution in [0.25, 0.3) is 5.69 Å². The Balaban J connectivity index is 2.23. The lowest BCUT2D eigenvalue weighted by Crippen LogP contribution is -2.10. The van der Waals surface area contributed by atoms with Gasteiger partial charge in [0.2, 0.25) is 5.91 Å². The number of carbonyl (C=O) groups is 1. The van der Waals surface area contributed by atoms with Crippen molar-refractivity contribution in [3.63, 3.8) is 0 Å². The van der Waals surface area contributed by atoms with Crippen molar-refractivity contribution >= 4 is 34.8 Å². The van der Waals surface area contributed by atoms with Gasteiger partial charge < -0.3 is 5.32 Å². The molecule has 0 unspecified atom stereocenters. The Morgan fingerprint density at radius 3 is 2.84 bits per heavy atom. The number of nitriles is 1. The van der Waals surface area contributed by atoms with Crippen LogP contribution in [0.5, 0.6) is 0 Å². The number of amides is 1. The standard InChI is InChI=1S/C12H8Cl2N4O/c13-8-6-16-18(7-8)11-2-1-9(5-10(11)14)17-12(19)3-4-15/h1-2,5-7H,3H2,(H,17,19). The highest BCUT2D eigenvalue weighted by Crippen LogP contribution is 2.24. The molecule has 0 saturated heterocycles. The normalized spacial score (nSPS) is 9.95. The first-order valence-corrected chi connectivity index (χ1v) is 6.02.